The van der Waals surface area contributed by atoms with Gasteiger partial charge in [0.05, 0.1) is 19.3 Å². The van der Waals surface area contributed by atoms with Crippen molar-refractivity contribution in [2.45, 2.75) is 6.04 Å². The molecule has 1 heterocycles. The molecule has 0 aliphatic rings. The molecule has 0 fully saturated rings. The fraction of sp³-hybridized carbons (Fsp3) is 0.556. The Kier molecular flexibility index (Phi) is 4.79. The van der Waals surface area contributed by atoms with Gasteiger partial charge in [0.1, 0.15) is 18.0 Å². The van der Waals surface area contributed by atoms with E-state index in [1.807, 2.05) is 0 Å². The number of nitrogens with zero attached hydrogens (tertiary/aromatic N) is 2. The number of methoxy groups -OCH3 is 1. The van der Waals surface area contributed by atoms with Crippen molar-refractivity contribution in [1.82, 2.24) is 9.97 Å². The number of aromatic nitrogens is 2. The van der Waals surface area contributed by atoms with Crippen LogP contribution in [0.1, 0.15) is 0 Å². The highest BCUT2D eigenvalue weighted by Crippen LogP contribution is 2.08. The fourth-order valence-corrected chi connectivity index (χ4v) is 1.12. The van der Waals surface area contributed by atoms with E-state index in [0.717, 1.165) is 5.82 Å². The zero-order chi connectivity index (χ0) is 11.1. The Morgan fingerprint density at radius 1 is 1.47 bits per heavy atom. The molecule has 84 valence electrons. The first-order chi connectivity index (χ1) is 7.30. The molecule has 6 nitrogen and oxygen atoms in total. The highest BCUT2D eigenvalue weighted by molar-refractivity contribution is 5.46. The molecule has 6 heteroatoms. The molecule has 0 aromatic carbocycles. The summed E-state index contributed by atoms with van der Waals surface area (Å²) in [6.07, 6.45) is 1.45. The number of anilines is 2. The highest BCUT2D eigenvalue weighted by atomic mass is 16.5. The van der Waals surface area contributed by atoms with Gasteiger partial charge in [0.15, 0.2) is 0 Å². The van der Waals surface area contributed by atoms with Gasteiger partial charge in [-0.15, -0.1) is 0 Å². The molecule has 0 radical (unpaired) electrons. The molecule has 1 aromatic rings. The van der Waals surface area contributed by atoms with E-state index in [4.69, 9.17) is 9.84 Å². The van der Waals surface area contributed by atoms with Gasteiger partial charge in [-0.25, -0.2) is 9.97 Å². The number of aliphatic hydroxyl groups excluding tert-OH is 1. The van der Waals surface area contributed by atoms with Gasteiger partial charge in [-0.1, -0.05) is 0 Å². The van der Waals surface area contributed by atoms with E-state index in [9.17, 15) is 0 Å². The van der Waals surface area contributed by atoms with Crippen molar-refractivity contribution in [3.63, 3.8) is 0 Å². The zero-order valence-electron chi connectivity index (χ0n) is 8.90. The Labute approximate surface area is 88.7 Å². The van der Waals surface area contributed by atoms with E-state index in [0.29, 0.717) is 12.4 Å². The number of ether oxygens (including phenoxy) is 1. The summed E-state index contributed by atoms with van der Waals surface area (Å²) in [5.41, 5.74) is 0. The number of nitrogens with one attached hydrogen (secondary N) is 2. The molecule has 1 unspecified atom stereocenters. The van der Waals surface area contributed by atoms with Crippen molar-refractivity contribution in [3.05, 3.63) is 12.4 Å². The minimum atomic E-state index is -0.158. The summed E-state index contributed by atoms with van der Waals surface area (Å²) in [4.78, 5) is 8.01. The summed E-state index contributed by atoms with van der Waals surface area (Å²) in [7, 11) is 3.37. The largest absolute Gasteiger partial charge is 0.394 e. The van der Waals surface area contributed by atoms with Crippen LogP contribution in [0, 0.1) is 0 Å². The maximum atomic E-state index is 9.04. The number of rotatable bonds is 6. The van der Waals surface area contributed by atoms with Crippen molar-refractivity contribution in [3.8, 4) is 0 Å². The summed E-state index contributed by atoms with van der Waals surface area (Å²) in [5, 5.41) is 15.0. The zero-order valence-corrected chi connectivity index (χ0v) is 8.90. The lowest BCUT2D eigenvalue weighted by atomic mass is 10.3. The van der Waals surface area contributed by atoms with Gasteiger partial charge >= 0.3 is 0 Å². The smallest absolute Gasteiger partial charge is 0.131 e. The Bertz CT molecular complexity index is 295. The summed E-state index contributed by atoms with van der Waals surface area (Å²) < 4.78 is 4.94. The lowest BCUT2D eigenvalue weighted by Gasteiger charge is -2.15. The minimum absolute atomic E-state index is 0.00721. The number of hydrogen-bond donors (Lipinski definition) is 3. The molecular weight excluding hydrogens is 196 g/mol. The molecule has 0 aliphatic heterocycles. The van der Waals surface area contributed by atoms with E-state index in [1.165, 1.54) is 6.33 Å². The first-order valence-corrected chi connectivity index (χ1v) is 4.66. The SMILES string of the molecule is CNc1cc(NC(CO)COC)ncn1. The van der Waals surface area contributed by atoms with Crippen LogP contribution in [0.4, 0.5) is 11.6 Å². The third kappa shape index (κ3) is 3.69. The average molecular weight is 212 g/mol. The monoisotopic (exact) mass is 212 g/mol. The predicted octanol–water partition coefficient (Wildman–Crippen LogP) is -0.0625. The van der Waals surface area contributed by atoms with Gasteiger partial charge in [0, 0.05) is 20.2 Å². The van der Waals surface area contributed by atoms with Crippen LogP contribution in [-0.2, 0) is 4.74 Å². The Morgan fingerprint density at radius 3 is 2.80 bits per heavy atom. The summed E-state index contributed by atoms with van der Waals surface area (Å²) in [6, 6.07) is 1.60. The Morgan fingerprint density at radius 2 is 2.20 bits per heavy atom. The van der Waals surface area contributed by atoms with Crippen LogP contribution in [0.3, 0.4) is 0 Å². The van der Waals surface area contributed by atoms with Crippen molar-refractivity contribution >= 4 is 11.6 Å². The van der Waals surface area contributed by atoms with E-state index < -0.39 is 0 Å². The normalized spacial score (nSPS) is 12.2. The van der Waals surface area contributed by atoms with Gasteiger partial charge in [-0.3, -0.25) is 0 Å². The molecule has 0 aliphatic carbocycles. The lowest BCUT2D eigenvalue weighted by molar-refractivity contribution is 0.153. The highest BCUT2D eigenvalue weighted by Gasteiger charge is 2.07. The third-order valence-electron chi connectivity index (χ3n) is 1.86. The second-order valence-corrected chi connectivity index (χ2v) is 3.02. The van der Waals surface area contributed by atoms with E-state index >= 15 is 0 Å². The molecule has 3 N–H and O–H groups in total. The third-order valence-corrected chi connectivity index (χ3v) is 1.86. The second kappa shape index (κ2) is 6.15. The summed E-state index contributed by atoms with van der Waals surface area (Å²) in [5.74, 6) is 1.38. The molecule has 0 saturated carbocycles. The van der Waals surface area contributed by atoms with E-state index in [-0.39, 0.29) is 12.6 Å². The fourth-order valence-electron chi connectivity index (χ4n) is 1.12. The van der Waals surface area contributed by atoms with Crippen LogP contribution in [0.15, 0.2) is 12.4 Å². The molecule has 15 heavy (non-hydrogen) atoms. The Hall–Kier alpha value is -1.40. The molecular formula is C9H16N4O2. The first-order valence-electron chi connectivity index (χ1n) is 4.66. The quantitative estimate of drug-likeness (QED) is 0.613. The topological polar surface area (TPSA) is 79.3 Å². The van der Waals surface area contributed by atoms with Crippen LogP contribution < -0.4 is 10.6 Å². The van der Waals surface area contributed by atoms with Crippen molar-refractivity contribution in [2.24, 2.45) is 0 Å². The molecule has 0 saturated heterocycles. The number of aliphatic hydroxyl groups is 1. The van der Waals surface area contributed by atoms with Crippen molar-refractivity contribution < 1.29 is 9.84 Å². The van der Waals surface area contributed by atoms with Crippen LogP contribution in [0.2, 0.25) is 0 Å². The maximum Gasteiger partial charge on any atom is 0.131 e. The van der Waals surface area contributed by atoms with Crippen LogP contribution in [0.25, 0.3) is 0 Å². The standard InChI is InChI=1S/C9H16N4O2/c1-10-8-3-9(12-6-11-8)13-7(4-14)5-15-2/h3,6-7,14H,4-5H2,1-2H3,(H2,10,11,12,13). The van der Waals surface area contributed by atoms with Crippen LogP contribution >= 0.6 is 0 Å². The second-order valence-electron chi connectivity index (χ2n) is 3.02. The van der Waals surface area contributed by atoms with Gasteiger partial charge in [0.25, 0.3) is 0 Å². The van der Waals surface area contributed by atoms with E-state index in [2.05, 4.69) is 20.6 Å². The van der Waals surface area contributed by atoms with Gasteiger partial charge in [-0.05, 0) is 0 Å². The molecule has 0 amide bonds. The number of hydrogen-bond acceptors (Lipinski definition) is 6. The molecule has 0 bridgehead atoms. The van der Waals surface area contributed by atoms with Crippen molar-refractivity contribution in [2.75, 3.05) is 38.0 Å². The van der Waals surface area contributed by atoms with E-state index in [1.54, 1.807) is 20.2 Å². The predicted molar refractivity (Wildman–Crippen MR) is 58.0 cm³/mol. The summed E-state index contributed by atoms with van der Waals surface area (Å²) in [6.45, 7) is 0.419. The van der Waals surface area contributed by atoms with Crippen LogP contribution in [0.5, 0.6) is 0 Å². The van der Waals surface area contributed by atoms with Crippen LogP contribution in [-0.4, -0.2) is 48.5 Å². The van der Waals surface area contributed by atoms with Gasteiger partial charge in [-0.2, -0.15) is 0 Å². The molecule has 0 spiro atoms. The average Bonchev–Trinajstić information content (AvgIpc) is 2.29. The minimum Gasteiger partial charge on any atom is -0.394 e. The molecule has 1 atom stereocenters. The Balaban J connectivity index is 2.61. The van der Waals surface area contributed by atoms with Gasteiger partial charge < -0.3 is 20.5 Å². The van der Waals surface area contributed by atoms with Crippen molar-refractivity contribution in [1.29, 1.82) is 0 Å². The molecule has 1 rings (SSSR count). The first kappa shape index (κ1) is 11.7. The maximum absolute atomic E-state index is 9.04. The van der Waals surface area contributed by atoms with Gasteiger partial charge in [0.2, 0.25) is 0 Å². The summed E-state index contributed by atoms with van der Waals surface area (Å²) >= 11 is 0. The lowest BCUT2D eigenvalue weighted by Crippen LogP contribution is -2.29. The molecule has 1 aromatic heterocycles.